The molecule has 0 saturated carbocycles. The van der Waals surface area contributed by atoms with Crippen LogP contribution in [-0.2, 0) is 6.42 Å². The molecule has 82 valence electrons. The molecular formula is C14H14O2. The van der Waals surface area contributed by atoms with Gasteiger partial charge in [0, 0.05) is 0 Å². The van der Waals surface area contributed by atoms with E-state index in [-0.39, 0.29) is 0 Å². The highest BCUT2D eigenvalue weighted by Gasteiger charge is 2.05. The molecule has 2 heteroatoms. The molecule has 0 atom stereocenters. The van der Waals surface area contributed by atoms with Crippen molar-refractivity contribution in [3.8, 4) is 0 Å². The maximum Gasteiger partial charge on any atom is 0.335 e. The van der Waals surface area contributed by atoms with Crippen LogP contribution in [0.1, 0.15) is 28.4 Å². The van der Waals surface area contributed by atoms with E-state index in [1.807, 2.05) is 6.07 Å². The molecular weight excluding hydrogens is 200 g/mol. The molecule has 0 heterocycles. The Bertz CT molecular complexity index is 556. The molecule has 0 radical (unpaired) electrons. The van der Waals surface area contributed by atoms with Gasteiger partial charge in [-0.05, 0) is 47.4 Å². The fourth-order valence-electron chi connectivity index (χ4n) is 1.97. The normalized spacial score (nSPS) is 10.6. The number of aromatic carboxylic acids is 1. The van der Waals surface area contributed by atoms with Crippen molar-refractivity contribution in [3.63, 3.8) is 0 Å². The number of carboxylic acid groups (broad SMARTS) is 1. The fraction of sp³-hybridized carbons (Fsp3) is 0.214. The zero-order valence-electron chi connectivity index (χ0n) is 9.45. The lowest BCUT2D eigenvalue weighted by molar-refractivity contribution is 0.0697. The summed E-state index contributed by atoms with van der Waals surface area (Å²) in [5.41, 5.74) is 2.88. The molecule has 0 bridgehead atoms. The largest absolute Gasteiger partial charge is 0.478 e. The summed E-state index contributed by atoms with van der Waals surface area (Å²) in [6, 6.07) is 9.44. The van der Waals surface area contributed by atoms with Crippen molar-refractivity contribution in [1.29, 1.82) is 0 Å². The highest BCUT2D eigenvalue weighted by atomic mass is 16.4. The van der Waals surface area contributed by atoms with Crippen LogP contribution in [0.2, 0.25) is 0 Å². The topological polar surface area (TPSA) is 37.3 Å². The Morgan fingerprint density at radius 3 is 2.56 bits per heavy atom. The number of benzene rings is 2. The quantitative estimate of drug-likeness (QED) is 0.831. The third-order valence-corrected chi connectivity index (χ3v) is 2.92. The number of rotatable bonds is 2. The molecule has 0 amide bonds. The molecule has 0 unspecified atom stereocenters. The molecule has 0 aliphatic heterocycles. The van der Waals surface area contributed by atoms with Crippen LogP contribution in [0.3, 0.4) is 0 Å². The maximum atomic E-state index is 10.9. The van der Waals surface area contributed by atoms with Gasteiger partial charge in [0.25, 0.3) is 0 Å². The number of carboxylic acids is 1. The zero-order valence-corrected chi connectivity index (χ0v) is 9.45. The number of hydrogen-bond acceptors (Lipinski definition) is 1. The van der Waals surface area contributed by atoms with Gasteiger partial charge < -0.3 is 5.11 Å². The molecule has 0 saturated heterocycles. The lowest BCUT2D eigenvalue weighted by Crippen LogP contribution is -1.96. The highest BCUT2D eigenvalue weighted by molar-refractivity contribution is 5.94. The molecule has 16 heavy (non-hydrogen) atoms. The summed E-state index contributed by atoms with van der Waals surface area (Å²) < 4.78 is 0. The highest BCUT2D eigenvalue weighted by Crippen LogP contribution is 2.21. The molecule has 0 fully saturated rings. The van der Waals surface area contributed by atoms with Gasteiger partial charge in [-0.25, -0.2) is 4.79 Å². The van der Waals surface area contributed by atoms with Crippen LogP contribution in [0.15, 0.2) is 30.3 Å². The molecule has 0 spiro atoms. The first kappa shape index (κ1) is 10.7. The lowest BCUT2D eigenvalue weighted by Gasteiger charge is -2.06. The van der Waals surface area contributed by atoms with Crippen LogP contribution in [0.4, 0.5) is 0 Å². The van der Waals surface area contributed by atoms with Crippen molar-refractivity contribution in [2.45, 2.75) is 20.3 Å². The van der Waals surface area contributed by atoms with E-state index < -0.39 is 5.97 Å². The predicted molar refractivity (Wildman–Crippen MR) is 65.0 cm³/mol. The predicted octanol–water partition coefficient (Wildman–Crippen LogP) is 3.41. The maximum absolute atomic E-state index is 10.9. The molecule has 1 N–H and O–H groups in total. The molecule has 2 aromatic carbocycles. The van der Waals surface area contributed by atoms with E-state index in [4.69, 9.17) is 5.11 Å². The minimum atomic E-state index is -0.875. The second kappa shape index (κ2) is 3.97. The summed E-state index contributed by atoms with van der Waals surface area (Å²) >= 11 is 0. The Labute approximate surface area is 94.5 Å². The third-order valence-electron chi connectivity index (χ3n) is 2.92. The van der Waals surface area contributed by atoms with E-state index in [2.05, 4.69) is 26.0 Å². The molecule has 0 aromatic heterocycles. The minimum absolute atomic E-state index is 0.346. The average molecular weight is 214 g/mol. The van der Waals surface area contributed by atoms with Gasteiger partial charge in [-0.2, -0.15) is 0 Å². The monoisotopic (exact) mass is 214 g/mol. The SMILES string of the molecule is CCc1cc2cc(C(=O)O)ccc2cc1C. The summed E-state index contributed by atoms with van der Waals surface area (Å²) in [4.78, 5) is 10.9. The second-order valence-electron chi connectivity index (χ2n) is 4.00. The third kappa shape index (κ3) is 1.78. The van der Waals surface area contributed by atoms with Crippen LogP contribution >= 0.6 is 0 Å². The van der Waals surface area contributed by atoms with E-state index in [9.17, 15) is 4.79 Å². The van der Waals surface area contributed by atoms with Crippen molar-refractivity contribution in [1.82, 2.24) is 0 Å². The fourth-order valence-corrected chi connectivity index (χ4v) is 1.97. The van der Waals surface area contributed by atoms with Gasteiger partial charge in [-0.15, -0.1) is 0 Å². The van der Waals surface area contributed by atoms with Gasteiger partial charge in [-0.1, -0.05) is 25.1 Å². The minimum Gasteiger partial charge on any atom is -0.478 e. The lowest BCUT2D eigenvalue weighted by atomic mass is 9.99. The van der Waals surface area contributed by atoms with Gasteiger partial charge in [0.1, 0.15) is 0 Å². The Balaban J connectivity index is 2.68. The van der Waals surface area contributed by atoms with Crippen LogP contribution in [0, 0.1) is 6.92 Å². The Morgan fingerprint density at radius 2 is 1.94 bits per heavy atom. The van der Waals surface area contributed by atoms with E-state index in [0.29, 0.717) is 5.56 Å². The summed E-state index contributed by atoms with van der Waals surface area (Å²) in [6.45, 7) is 4.19. The van der Waals surface area contributed by atoms with E-state index in [0.717, 1.165) is 17.2 Å². The van der Waals surface area contributed by atoms with E-state index >= 15 is 0 Å². The standard InChI is InChI=1S/C14H14O2/c1-3-10-7-13-8-12(14(15)16)5-4-11(13)6-9(10)2/h4-8H,3H2,1-2H3,(H,15,16). The molecule has 0 aliphatic carbocycles. The zero-order chi connectivity index (χ0) is 11.7. The van der Waals surface area contributed by atoms with Crippen LogP contribution in [0.25, 0.3) is 10.8 Å². The molecule has 0 aliphatic rings. The van der Waals surface area contributed by atoms with Crippen LogP contribution in [-0.4, -0.2) is 11.1 Å². The van der Waals surface area contributed by atoms with Gasteiger partial charge in [0.05, 0.1) is 5.56 Å². The number of fused-ring (bicyclic) bond motifs is 1. The van der Waals surface area contributed by atoms with Gasteiger partial charge >= 0.3 is 5.97 Å². The average Bonchev–Trinajstić information content (AvgIpc) is 2.27. The van der Waals surface area contributed by atoms with Crippen molar-refractivity contribution >= 4 is 16.7 Å². The number of aryl methyl sites for hydroxylation is 2. The van der Waals surface area contributed by atoms with Crippen LogP contribution in [0.5, 0.6) is 0 Å². The summed E-state index contributed by atoms with van der Waals surface area (Å²) in [6.07, 6.45) is 0.971. The summed E-state index contributed by atoms with van der Waals surface area (Å²) in [5.74, 6) is -0.875. The van der Waals surface area contributed by atoms with Crippen molar-refractivity contribution in [2.75, 3.05) is 0 Å². The van der Waals surface area contributed by atoms with Crippen molar-refractivity contribution < 1.29 is 9.90 Å². The Hall–Kier alpha value is -1.83. The van der Waals surface area contributed by atoms with Crippen LogP contribution < -0.4 is 0 Å². The smallest absolute Gasteiger partial charge is 0.335 e. The molecule has 2 aromatic rings. The second-order valence-corrected chi connectivity index (χ2v) is 4.00. The summed E-state index contributed by atoms with van der Waals surface area (Å²) in [7, 11) is 0. The number of carbonyl (C=O) groups is 1. The first-order valence-corrected chi connectivity index (χ1v) is 5.38. The Morgan fingerprint density at radius 1 is 1.19 bits per heavy atom. The van der Waals surface area contributed by atoms with Crippen molar-refractivity contribution in [3.05, 3.63) is 47.0 Å². The first-order valence-electron chi connectivity index (χ1n) is 5.38. The van der Waals surface area contributed by atoms with Crippen molar-refractivity contribution in [2.24, 2.45) is 0 Å². The van der Waals surface area contributed by atoms with E-state index in [1.165, 1.54) is 11.1 Å². The Kier molecular flexibility index (Phi) is 2.65. The van der Waals surface area contributed by atoms with Gasteiger partial charge in [-0.3, -0.25) is 0 Å². The molecule has 2 rings (SSSR count). The van der Waals surface area contributed by atoms with Gasteiger partial charge in [0.2, 0.25) is 0 Å². The van der Waals surface area contributed by atoms with Gasteiger partial charge in [0.15, 0.2) is 0 Å². The van der Waals surface area contributed by atoms with E-state index in [1.54, 1.807) is 12.1 Å². The summed E-state index contributed by atoms with van der Waals surface area (Å²) in [5, 5.41) is 11.0. The molecule has 2 nitrogen and oxygen atoms in total. The number of hydrogen-bond donors (Lipinski definition) is 1. The first-order chi connectivity index (χ1) is 7.61.